The Balaban J connectivity index is 1.29. The number of fused-ring (bicyclic) bond motifs is 6. The SMILES string of the molecule is C[C@H]1Nc2ncnc3c(cc(C4(C#N)CC4)cc23)CCCCn2cc(cn2)CN2CCC(CC2)C(F)(F)c2cccc1c2F. The number of benzene rings is 2. The number of rotatable bonds is 1. The van der Waals surface area contributed by atoms with Gasteiger partial charge in [-0.15, -0.1) is 0 Å². The molecule has 3 aliphatic heterocycles. The first kappa shape index (κ1) is 28.8. The fourth-order valence-electron chi connectivity index (χ4n) is 6.97. The molecule has 0 spiro atoms. The number of anilines is 1. The van der Waals surface area contributed by atoms with Gasteiger partial charge >= 0.3 is 0 Å². The number of alkyl halides is 2. The van der Waals surface area contributed by atoms with Crippen LogP contribution in [0.1, 0.15) is 79.3 Å². The van der Waals surface area contributed by atoms with E-state index in [1.54, 1.807) is 13.0 Å². The van der Waals surface area contributed by atoms with Crippen LogP contribution in [0.3, 0.4) is 0 Å². The molecule has 10 heteroatoms. The Morgan fingerprint density at radius 2 is 1.89 bits per heavy atom. The quantitative estimate of drug-likeness (QED) is 0.253. The van der Waals surface area contributed by atoms with Gasteiger partial charge in [0, 0.05) is 41.7 Å². The minimum atomic E-state index is -3.30. The van der Waals surface area contributed by atoms with Crippen molar-refractivity contribution in [1.29, 1.82) is 5.26 Å². The zero-order chi connectivity index (χ0) is 30.5. The third-order valence-electron chi connectivity index (χ3n) is 9.82. The van der Waals surface area contributed by atoms with Crippen LogP contribution in [0, 0.1) is 23.1 Å². The van der Waals surface area contributed by atoms with E-state index in [0.29, 0.717) is 38.3 Å². The van der Waals surface area contributed by atoms with Crippen LogP contribution in [-0.4, -0.2) is 37.7 Å². The summed E-state index contributed by atoms with van der Waals surface area (Å²) in [6.07, 6.45) is 10.2. The summed E-state index contributed by atoms with van der Waals surface area (Å²) in [4.78, 5) is 11.3. The maximum absolute atomic E-state index is 16.0. The van der Waals surface area contributed by atoms with Gasteiger partial charge in [0.1, 0.15) is 18.0 Å². The van der Waals surface area contributed by atoms with Crippen LogP contribution in [0.25, 0.3) is 10.9 Å². The van der Waals surface area contributed by atoms with Gasteiger partial charge in [0.25, 0.3) is 5.92 Å². The molecule has 4 aliphatic rings. The van der Waals surface area contributed by atoms with E-state index in [1.165, 1.54) is 18.5 Å². The zero-order valence-corrected chi connectivity index (χ0v) is 24.9. The number of piperidine rings is 1. The van der Waals surface area contributed by atoms with E-state index < -0.39 is 34.7 Å². The molecule has 228 valence electrons. The highest BCUT2D eigenvalue weighted by Crippen LogP contribution is 2.49. The predicted molar refractivity (Wildman–Crippen MR) is 162 cm³/mol. The number of aromatic nitrogens is 4. The molecule has 2 aromatic heterocycles. The van der Waals surface area contributed by atoms with Crippen LogP contribution in [-0.2, 0) is 30.8 Å². The Morgan fingerprint density at radius 3 is 2.66 bits per heavy atom. The second kappa shape index (κ2) is 11.2. The average Bonchev–Trinajstić information content (AvgIpc) is 3.71. The third kappa shape index (κ3) is 5.21. The molecular weight excluding hydrogens is 563 g/mol. The van der Waals surface area contributed by atoms with E-state index in [9.17, 15) is 5.26 Å². The van der Waals surface area contributed by atoms with Gasteiger partial charge in [0.15, 0.2) is 0 Å². The molecule has 7 nitrogen and oxygen atoms in total. The molecule has 4 aromatic rings. The van der Waals surface area contributed by atoms with Crippen LogP contribution in [0.4, 0.5) is 19.0 Å². The van der Waals surface area contributed by atoms with Crippen LogP contribution < -0.4 is 5.32 Å². The number of nitrogens with zero attached hydrogens (tertiary/aromatic N) is 6. The lowest BCUT2D eigenvalue weighted by molar-refractivity contribution is -0.0885. The summed E-state index contributed by atoms with van der Waals surface area (Å²) in [5.41, 5.74) is 2.92. The molecule has 0 unspecified atom stereocenters. The van der Waals surface area contributed by atoms with Crippen molar-refractivity contribution in [3.05, 3.63) is 82.7 Å². The standard InChI is InChI=1S/C34H36F3N7/c1-22-27-6-4-7-29(30(27)35)34(36,37)25-8-13-43(14-9-25)18-23-17-41-44(19-23)12-3-2-5-24-15-26(33(20-38)10-11-33)16-28-31(24)39-21-40-32(28)42-22/h4,6-7,15-17,19,21-22,25H,2-3,5,8-14,18H2,1H3,(H,39,40,42)/t22-/m1/s1. The molecule has 8 rings (SSSR count). The fraction of sp³-hybridized carbons (Fsp3) is 0.471. The first-order valence-electron chi connectivity index (χ1n) is 15.6. The first-order chi connectivity index (χ1) is 21.3. The highest BCUT2D eigenvalue weighted by Gasteiger charge is 2.46. The van der Waals surface area contributed by atoms with Crippen LogP contribution in [0.15, 0.2) is 49.1 Å². The maximum Gasteiger partial charge on any atom is 0.278 e. The van der Waals surface area contributed by atoms with Crippen molar-refractivity contribution in [2.75, 3.05) is 18.4 Å². The van der Waals surface area contributed by atoms with Crippen molar-refractivity contribution < 1.29 is 13.2 Å². The monoisotopic (exact) mass is 599 g/mol. The summed E-state index contributed by atoms with van der Waals surface area (Å²) in [5, 5.41) is 18.6. The van der Waals surface area contributed by atoms with Crippen LogP contribution in [0.2, 0.25) is 0 Å². The predicted octanol–water partition coefficient (Wildman–Crippen LogP) is 7.03. The van der Waals surface area contributed by atoms with E-state index in [0.717, 1.165) is 66.2 Å². The first-order valence-corrected chi connectivity index (χ1v) is 15.6. The summed E-state index contributed by atoms with van der Waals surface area (Å²) in [6.45, 7) is 4.25. The second-order valence-electron chi connectivity index (χ2n) is 12.8. The maximum atomic E-state index is 16.0. The number of hydrogen-bond acceptors (Lipinski definition) is 6. The summed E-state index contributed by atoms with van der Waals surface area (Å²) in [5.74, 6) is -4.62. The van der Waals surface area contributed by atoms with Crippen molar-refractivity contribution in [2.45, 2.75) is 82.3 Å². The number of halogens is 3. The normalized spacial score (nSPS) is 24.6. The lowest BCUT2D eigenvalue weighted by atomic mass is 9.85. The summed E-state index contributed by atoms with van der Waals surface area (Å²) < 4.78 is 49.8. The molecule has 0 radical (unpaired) electrons. The average molecular weight is 600 g/mol. The molecule has 44 heavy (non-hydrogen) atoms. The van der Waals surface area contributed by atoms with Gasteiger partial charge in [-0.05, 0) is 82.2 Å². The van der Waals surface area contributed by atoms with E-state index in [2.05, 4.69) is 37.4 Å². The minimum Gasteiger partial charge on any atom is -0.363 e. The minimum absolute atomic E-state index is 0.164. The van der Waals surface area contributed by atoms with Gasteiger partial charge in [-0.25, -0.2) is 23.1 Å². The van der Waals surface area contributed by atoms with Gasteiger partial charge < -0.3 is 5.32 Å². The molecule has 1 atom stereocenters. The van der Waals surface area contributed by atoms with Crippen molar-refractivity contribution in [3.63, 3.8) is 0 Å². The van der Waals surface area contributed by atoms with E-state index in [1.807, 2.05) is 23.1 Å². The molecule has 10 bridgehead atoms. The van der Waals surface area contributed by atoms with Gasteiger partial charge in [0.05, 0.1) is 34.8 Å². The molecule has 1 aliphatic carbocycles. The van der Waals surface area contributed by atoms with Gasteiger partial charge in [-0.1, -0.05) is 24.3 Å². The highest BCUT2D eigenvalue weighted by atomic mass is 19.3. The molecule has 0 amide bonds. The number of hydrogen-bond donors (Lipinski definition) is 1. The Bertz CT molecular complexity index is 1730. The third-order valence-corrected chi connectivity index (χ3v) is 9.82. The molecule has 2 fully saturated rings. The molecule has 1 N–H and O–H groups in total. The summed E-state index contributed by atoms with van der Waals surface area (Å²) in [6, 6.07) is 10.2. The molecule has 2 aromatic carbocycles. The fourth-order valence-corrected chi connectivity index (χ4v) is 6.97. The van der Waals surface area contributed by atoms with Crippen molar-refractivity contribution >= 4 is 16.7 Å². The van der Waals surface area contributed by atoms with Crippen molar-refractivity contribution in [1.82, 2.24) is 24.6 Å². The smallest absolute Gasteiger partial charge is 0.278 e. The molecular formula is C34H36F3N7. The number of nitrogens with one attached hydrogen (secondary N) is 1. The summed E-state index contributed by atoms with van der Waals surface area (Å²) in [7, 11) is 0. The summed E-state index contributed by atoms with van der Waals surface area (Å²) >= 11 is 0. The number of aryl methyl sites for hydroxylation is 2. The Hall–Kier alpha value is -3.97. The van der Waals surface area contributed by atoms with Gasteiger partial charge in [-0.3, -0.25) is 9.58 Å². The van der Waals surface area contributed by atoms with E-state index in [4.69, 9.17) is 0 Å². The van der Waals surface area contributed by atoms with Gasteiger partial charge in [-0.2, -0.15) is 10.4 Å². The lowest BCUT2D eigenvalue weighted by Crippen LogP contribution is -2.39. The Labute approximate surface area is 255 Å². The van der Waals surface area contributed by atoms with Crippen molar-refractivity contribution in [2.24, 2.45) is 5.92 Å². The zero-order valence-electron chi connectivity index (χ0n) is 24.9. The van der Waals surface area contributed by atoms with Crippen LogP contribution in [0.5, 0.6) is 0 Å². The Morgan fingerprint density at radius 1 is 1.07 bits per heavy atom. The molecule has 1 saturated carbocycles. The van der Waals surface area contributed by atoms with Crippen molar-refractivity contribution in [3.8, 4) is 6.07 Å². The topological polar surface area (TPSA) is 82.7 Å². The highest BCUT2D eigenvalue weighted by molar-refractivity contribution is 5.92. The largest absolute Gasteiger partial charge is 0.363 e. The Kier molecular flexibility index (Phi) is 7.32. The second-order valence-corrected chi connectivity index (χ2v) is 12.8. The number of nitriles is 1. The molecule has 5 heterocycles. The van der Waals surface area contributed by atoms with E-state index >= 15 is 13.2 Å². The van der Waals surface area contributed by atoms with E-state index in [-0.39, 0.29) is 5.56 Å². The lowest BCUT2D eigenvalue weighted by Gasteiger charge is -2.36. The van der Waals surface area contributed by atoms with Gasteiger partial charge in [0.2, 0.25) is 0 Å². The molecule has 1 saturated heterocycles. The van der Waals surface area contributed by atoms with Crippen LogP contribution >= 0.6 is 0 Å².